The highest BCUT2D eigenvalue weighted by Crippen LogP contribution is 2.40. The number of anilines is 1. The fourth-order valence-electron chi connectivity index (χ4n) is 4.02. The number of fused-ring (bicyclic) bond motifs is 1. The van der Waals surface area contributed by atoms with Gasteiger partial charge in [0.25, 0.3) is 5.91 Å². The lowest BCUT2D eigenvalue weighted by Crippen LogP contribution is -2.50. The number of nitrogens with one attached hydrogen (secondary N) is 2. The Kier molecular flexibility index (Phi) is 5.22. The molecule has 2 atom stereocenters. The molecule has 0 spiro atoms. The van der Waals surface area contributed by atoms with Crippen LogP contribution < -0.4 is 15.4 Å². The number of hydrogen-bond acceptors (Lipinski definition) is 4. The molecule has 2 N–H and O–H groups in total. The minimum absolute atomic E-state index is 0.104. The summed E-state index contributed by atoms with van der Waals surface area (Å²) in [6.07, 6.45) is 0. The monoisotopic (exact) mass is 422 g/mol. The number of rotatable bonds is 4. The van der Waals surface area contributed by atoms with E-state index in [1.54, 1.807) is 29.9 Å². The van der Waals surface area contributed by atoms with Gasteiger partial charge in [-0.15, -0.1) is 0 Å². The summed E-state index contributed by atoms with van der Waals surface area (Å²) < 4.78 is 21.1. The third-order valence-electron chi connectivity index (χ3n) is 5.57. The van der Waals surface area contributed by atoms with E-state index < -0.39 is 23.7 Å². The number of benzene rings is 2. The molecule has 3 aromatic rings. The highest BCUT2D eigenvalue weighted by molar-refractivity contribution is 6.03. The summed E-state index contributed by atoms with van der Waals surface area (Å²) in [5, 5.41) is 10.1. The number of aromatic nitrogens is 2. The van der Waals surface area contributed by atoms with Crippen molar-refractivity contribution in [3.05, 3.63) is 76.2 Å². The maximum atomic E-state index is 14.5. The molecule has 0 radical (unpaired) electrons. The number of aryl methyl sites for hydroxylation is 3. The van der Waals surface area contributed by atoms with Gasteiger partial charge in [-0.2, -0.15) is 5.10 Å². The second kappa shape index (κ2) is 7.86. The lowest BCUT2D eigenvalue weighted by Gasteiger charge is -2.32. The Morgan fingerprint density at radius 1 is 1.19 bits per heavy atom. The van der Waals surface area contributed by atoms with E-state index in [0.29, 0.717) is 22.6 Å². The van der Waals surface area contributed by atoms with E-state index in [1.165, 1.54) is 19.2 Å². The molecule has 0 aliphatic carbocycles. The Balaban J connectivity index is 1.79. The number of halogens is 1. The lowest BCUT2D eigenvalue weighted by molar-refractivity contribution is -0.118. The standard InChI is InChI=1S/C23H23FN4O3/c1-12-5-7-14(8-6-12)22(29)25-20-19(15-9-10-17(31-4)16(24)11-15)18-13(2)27-28(3)21(18)26-23(20)30/h5-11,19-20H,1-4H3,(H,25,29)(H,26,30). The Labute approximate surface area is 179 Å². The topological polar surface area (TPSA) is 85.2 Å². The van der Waals surface area contributed by atoms with Crippen LogP contribution in [0.4, 0.5) is 10.2 Å². The molecule has 7 nitrogen and oxygen atoms in total. The Morgan fingerprint density at radius 3 is 2.55 bits per heavy atom. The summed E-state index contributed by atoms with van der Waals surface area (Å²) in [6, 6.07) is 10.7. The first-order chi connectivity index (χ1) is 14.8. The summed E-state index contributed by atoms with van der Waals surface area (Å²) in [4.78, 5) is 26.0. The summed E-state index contributed by atoms with van der Waals surface area (Å²) >= 11 is 0. The minimum atomic E-state index is -0.947. The third-order valence-corrected chi connectivity index (χ3v) is 5.57. The van der Waals surface area contributed by atoms with Crippen molar-refractivity contribution in [2.75, 3.05) is 12.4 Å². The Hall–Kier alpha value is -3.68. The van der Waals surface area contributed by atoms with Gasteiger partial charge in [0.1, 0.15) is 11.9 Å². The summed E-state index contributed by atoms with van der Waals surface area (Å²) in [5.41, 5.74) is 3.43. The fourth-order valence-corrected chi connectivity index (χ4v) is 4.02. The van der Waals surface area contributed by atoms with E-state index in [4.69, 9.17) is 4.74 Å². The van der Waals surface area contributed by atoms with Crippen LogP contribution in [0.3, 0.4) is 0 Å². The SMILES string of the molecule is COc1ccc(C2c3c(C)nn(C)c3NC(=O)C2NC(=O)c2ccc(C)cc2)cc1F. The molecule has 1 aromatic heterocycles. The highest BCUT2D eigenvalue weighted by atomic mass is 19.1. The van der Waals surface area contributed by atoms with Gasteiger partial charge in [-0.05, 0) is 43.7 Å². The van der Waals surface area contributed by atoms with Crippen molar-refractivity contribution in [1.82, 2.24) is 15.1 Å². The Morgan fingerprint density at radius 2 is 1.90 bits per heavy atom. The van der Waals surface area contributed by atoms with Crippen LogP contribution in [0.15, 0.2) is 42.5 Å². The summed E-state index contributed by atoms with van der Waals surface area (Å²) in [7, 11) is 3.11. The van der Waals surface area contributed by atoms with Gasteiger partial charge in [0.15, 0.2) is 11.6 Å². The van der Waals surface area contributed by atoms with Crippen molar-refractivity contribution in [3.63, 3.8) is 0 Å². The molecular formula is C23H23FN4O3. The van der Waals surface area contributed by atoms with Gasteiger partial charge in [0.05, 0.1) is 12.8 Å². The highest BCUT2D eigenvalue weighted by Gasteiger charge is 2.41. The second-order valence-corrected chi connectivity index (χ2v) is 7.65. The van der Waals surface area contributed by atoms with Crippen LogP contribution in [0, 0.1) is 19.7 Å². The zero-order valence-electron chi connectivity index (χ0n) is 17.7. The molecule has 2 amide bonds. The number of amides is 2. The molecule has 0 saturated heterocycles. The van der Waals surface area contributed by atoms with Crippen LogP contribution in [-0.2, 0) is 11.8 Å². The molecule has 1 aliphatic rings. The predicted molar refractivity (Wildman–Crippen MR) is 114 cm³/mol. The van der Waals surface area contributed by atoms with Crippen molar-refractivity contribution >= 4 is 17.6 Å². The molecule has 2 aromatic carbocycles. The molecule has 0 bridgehead atoms. The van der Waals surface area contributed by atoms with Gasteiger partial charge in [-0.1, -0.05) is 23.8 Å². The molecule has 0 fully saturated rings. The lowest BCUT2D eigenvalue weighted by atomic mass is 9.81. The fraction of sp³-hybridized carbons (Fsp3) is 0.261. The van der Waals surface area contributed by atoms with E-state index >= 15 is 0 Å². The van der Waals surface area contributed by atoms with Crippen molar-refractivity contribution in [2.24, 2.45) is 7.05 Å². The quantitative estimate of drug-likeness (QED) is 0.677. The molecular weight excluding hydrogens is 399 g/mol. The predicted octanol–water partition coefficient (Wildman–Crippen LogP) is 3.07. The average molecular weight is 422 g/mol. The van der Waals surface area contributed by atoms with E-state index in [-0.39, 0.29) is 11.7 Å². The van der Waals surface area contributed by atoms with Crippen molar-refractivity contribution in [2.45, 2.75) is 25.8 Å². The zero-order chi connectivity index (χ0) is 22.3. The number of carbonyl (C=O) groups is 2. The van der Waals surface area contributed by atoms with Crippen molar-refractivity contribution < 1.29 is 18.7 Å². The number of ether oxygens (including phenoxy) is 1. The number of nitrogens with zero attached hydrogens (tertiary/aromatic N) is 2. The minimum Gasteiger partial charge on any atom is -0.494 e. The van der Waals surface area contributed by atoms with Gasteiger partial charge >= 0.3 is 0 Å². The maximum absolute atomic E-state index is 14.5. The van der Waals surface area contributed by atoms with Crippen LogP contribution in [0.25, 0.3) is 0 Å². The number of carbonyl (C=O) groups excluding carboxylic acids is 2. The van der Waals surface area contributed by atoms with Crippen molar-refractivity contribution in [3.8, 4) is 5.75 Å². The maximum Gasteiger partial charge on any atom is 0.251 e. The van der Waals surface area contributed by atoms with Crippen LogP contribution in [0.5, 0.6) is 5.75 Å². The molecule has 1 aliphatic heterocycles. The first kappa shape index (κ1) is 20.6. The first-order valence-corrected chi connectivity index (χ1v) is 9.85. The van der Waals surface area contributed by atoms with E-state index in [9.17, 15) is 14.0 Å². The summed E-state index contributed by atoms with van der Waals surface area (Å²) in [6.45, 7) is 3.75. The molecule has 4 rings (SSSR count). The Bertz CT molecular complexity index is 1170. The van der Waals surface area contributed by atoms with Gasteiger partial charge in [-0.3, -0.25) is 14.3 Å². The molecule has 0 saturated carbocycles. The van der Waals surface area contributed by atoms with Crippen LogP contribution in [0.2, 0.25) is 0 Å². The number of methoxy groups -OCH3 is 1. The normalized spacial score (nSPS) is 17.6. The van der Waals surface area contributed by atoms with Gasteiger partial charge in [0, 0.05) is 24.1 Å². The van der Waals surface area contributed by atoms with E-state index in [2.05, 4.69) is 15.7 Å². The van der Waals surface area contributed by atoms with Crippen LogP contribution in [-0.4, -0.2) is 34.7 Å². The third kappa shape index (κ3) is 3.65. The van der Waals surface area contributed by atoms with Crippen LogP contribution in [0.1, 0.15) is 38.7 Å². The average Bonchev–Trinajstić information content (AvgIpc) is 3.02. The second-order valence-electron chi connectivity index (χ2n) is 7.65. The molecule has 2 unspecified atom stereocenters. The molecule has 160 valence electrons. The van der Waals surface area contributed by atoms with E-state index in [0.717, 1.165) is 11.1 Å². The first-order valence-electron chi connectivity index (χ1n) is 9.85. The zero-order valence-corrected chi connectivity index (χ0v) is 17.7. The van der Waals surface area contributed by atoms with Crippen molar-refractivity contribution in [1.29, 1.82) is 0 Å². The van der Waals surface area contributed by atoms with Gasteiger partial charge < -0.3 is 15.4 Å². The van der Waals surface area contributed by atoms with Crippen LogP contribution >= 0.6 is 0 Å². The number of hydrogen-bond donors (Lipinski definition) is 2. The molecule has 8 heteroatoms. The molecule has 31 heavy (non-hydrogen) atoms. The van der Waals surface area contributed by atoms with E-state index in [1.807, 2.05) is 26.0 Å². The molecule has 2 heterocycles. The summed E-state index contributed by atoms with van der Waals surface area (Å²) in [5.74, 6) is -1.30. The largest absolute Gasteiger partial charge is 0.494 e. The van der Waals surface area contributed by atoms with Gasteiger partial charge in [-0.25, -0.2) is 4.39 Å². The van der Waals surface area contributed by atoms with Gasteiger partial charge in [0.2, 0.25) is 5.91 Å². The smallest absolute Gasteiger partial charge is 0.251 e.